The van der Waals surface area contributed by atoms with Gasteiger partial charge in [-0.3, -0.25) is 0 Å². The molecule has 2 nitrogen and oxygen atoms in total. The molecule has 0 spiro atoms. The molecule has 16 heavy (non-hydrogen) atoms. The topological polar surface area (TPSA) is 49.8 Å². The fourth-order valence-electron chi connectivity index (χ4n) is 1.52. The summed E-state index contributed by atoms with van der Waals surface area (Å²) in [7, 11) is 0. The second-order valence-electron chi connectivity index (χ2n) is 3.75. The van der Waals surface area contributed by atoms with Crippen LogP contribution in [0.15, 0.2) is 19.2 Å². The predicted molar refractivity (Wildman–Crippen MR) is 64.9 cm³/mol. The van der Waals surface area contributed by atoms with Crippen LogP contribution in [0.25, 0.3) is 11.1 Å². The van der Waals surface area contributed by atoms with Gasteiger partial charge in [0.05, 0.1) is 5.56 Å². The van der Waals surface area contributed by atoms with Gasteiger partial charge in [0.15, 0.2) is 5.82 Å². The molecule has 0 fully saturated rings. The van der Waals surface area contributed by atoms with Gasteiger partial charge in [-0.25, -0.2) is 4.39 Å². The summed E-state index contributed by atoms with van der Waals surface area (Å²) < 4.78 is 13.8. The molecule has 0 heterocycles. The summed E-state index contributed by atoms with van der Waals surface area (Å²) in [6, 6.07) is 3.22. The highest BCUT2D eigenvalue weighted by atomic mass is 19.1. The highest BCUT2D eigenvalue weighted by molar-refractivity contribution is 5.84. The molecule has 0 unspecified atom stereocenters. The summed E-state index contributed by atoms with van der Waals surface area (Å²) in [4.78, 5) is 0. The van der Waals surface area contributed by atoms with Crippen molar-refractivity contribution in [1.29, 1.82) is 5.26 Å². The molecule has 1 rings (SSSR count). The van der Waals surface area contributed by atoms with Crippen molar-refractivity contribution < 1.29 is 4.39 Å². The van der Waals surface area contributed by atoms with Gasteiger partial charge in [-0.1, -0.05) is 13.2 Å². The average molecular weight is 216 g/mol. The Bertz CT molecular complexity index is 522. The monoisotopic (exact) mass is 216 g/mol. The normalized spacial score (nSPS) is 9.62. The van der Waals surface area contributed by atoms with Crippen LogP contribution in [0.1, 0.15) is 30.5 Å². The number of nitrogens with two attached hydrogens (primary N) is 1. The summed E-state index contributed by atoms with van der Waals surface area (Å²) in [6.45, 7) is 10.8. The Morgan fingerprint density at radius 1 is 1.38 bits per heavy atom. The van der Waals surface area contributed by atoms with Crippen molar-refractivity contribution >= 4 is 16.8 Å². The fraction of sp³-hybridized carbons (Fsp3) is 0.154. The number of hydrogen-bond acceptors (Lipinski definition) is 2. The number of nitrogens with zero attached hydrogens (tertiary/aromatic N) is 1. The minimum atomic E-state index is -0.613. The highest BCUT2D eigenvalue weighted by Crippen LogP contribution is 2.32. The van der Waals surface area contributed by atoms with Crippen LogP contribution in [0, 0.1) is 17.1 Å². The zero-order valence-corrected chi connectivity index (χ0v) is 9.39. The van der Waals surface area contributed by atoms with Gasteiger partial charge >= 0.3 is 0 Å². The Balaban J connectivity index is 3.73. The van der Waals surface area contributed by atoms with Crippen molar-refractivity contribution in [3.8, 4) is 6.07 Å². The van der Waals surface area contributed by atoms with E-state index in [-0.39, 0.29) is 16.8 Å². The minimum absolute atomic E-state index is 0.0369. The minimum Gasteiger partial charge on any atom is -0.398 e. The third-order valence-electron chi connectivity index (χ3n) is 2.31. The first kappa shape index (κ1) is 12.0. The lowest BCUT2D eigenvalue weighted by atomic mass is 9.95. The quantitative estimate of drug-likeness (QED) is 0.771. The average Bonchev–Trinajstić information content (AvgIpc) is 2.16. The number of benzene rings is 1. The lowest BCUT2D eigenvalue weighted by Crippen LogP contribution is -2.03. The zero-order chi connectivity index (χ0) is 12.5. The molecule has 82 valence electrons. The largest absolute Gasteiger partial charge is 0.398 e. The molecule has 0 radical (unpaired) electrons. The Morgan fingerprint density at radius 3 is 2.31 bits per heavy atom. The maximum Gasteiger partial charge on any atom is 0.150 e. The fourth-order valence-corrected chi connectivity index (χ4v) is 1.52. The van der Waals surface area contributed by atoms with E-state index in [2.05, 4.69) is 13.2 Å². The number of halogens is 1. The summed E-state index contributed by atoms with van der Waals surface area (Å²) in [6.07, 6.45) is 0. The Hall–Kier alpha value is -2.08. The molecule has 1 aromatic carbocycles. The maximum absolute atomic E-state index is 13.8. The SMILES string of the molecule is C=C(C)c1cc(C#N)c(F)c(C(=C)C)c1N. The van der Waals surface area contributed by atoms with Crippen LogP contribution < -0.4 is 5.73 Å². The van der Waals surface area contributed by atoms with E-state index in [4.69, 9.17) is 11.0 Å². The molecule has 2 N–H and O–H groups in total. The summed E-state index contributed by atoms with van der Waals surface area (Å²) >= 11 is 0. The third-order valence-corrected chi connectivity index (χ3v) is 2.31. The molecule has 3 heteroatoms. The second kappa shape index (κ2) is 4.19. The molecular formula is C13H13FN2. The Labute approximate surface area is 94.5 Å². The predicted octanol–water partition coefficient (Wildman–Crippen LogP) is 3.35. The summed E-state index contributed by atoms with van der Waals surface area (Å²) in [5.74, 6) is -0.613. The van der Waals surface area contributed by atoms with Gasteiger partial charge in [-0.05, 0) is 31.1 Å². The Kier molecular flexibility index (Phi) is 3.14. The van der Waals surface area contributed by atoms with Gasteiger partial charge in [0.2, 0.25) is 0 Å². The number of rotatable bonds is 2. The van der Waals surface area contributed by atoms with E-state index < -0.39 is 5.82 Å². The first-order valence-electron chi connectivity index (χ1n) is 4.74. The number of anilines is 1. The van der Waals surface area contributed by atoms with Crippen molar-refractivity contribution in [3.63, 3.8) is 0 Å². The van der Waals surface area contributed by atoms with Gasteiger partial charge in [-0.2, -0.15) is 5.26 Å². The van der Waals surface area contributed by atoms with E-state index in [9.17, 15) is 4.39 Å². The second-order valence-corrected chi connectivity index (χ2v) is 3.75. The van der Waals surface area contributed by atoms with Gasteiger partial charge in [0, 0.05) is 16.8 Å². The molecule has 0 aliphatic heterocycles. The van der Waals surface area contributed by atoms with Crippen LogP contribution in [0.2, 0.25) is 0 Å². The van der Waals surface area contributed by atoms with Crippen LogP contribution in [0.5, 0.6) is 0 Å². The van der Waals surface area contributed by atoms with E-state index in [1.165, 1.54) is 6.07 Å². The van der Waals surface area contributed by atoms with E-state index in [0.29, 0.717) is 16.7 Å². The lowest BCUT2D eigenvalue weighted by Gasteiger charge is -2.13. The first-order chi connectivity index (χ1) is 7.40. The first-order valence-corrected chi connectivity index (χ1v) is 4.74. The van der Waals surface area contributed by atoms with Crippen LogP contribution in [-0.4, -0.2) is 0 Å². The molecule has 0 atom stereocenters. The molecule has 0 aromatic heterocycles. The smallest absolute Gasteiger partial charge is 0.150 e. The van der Waals surface area contributed by atoms with Crippen LogP contribution in [0.4, 0.5) is 10.1 Å². The molecule has 0 aliphatic carbocycles. The van der Waals surface area contributed by atoms with Crippen molar-refractivity contribution in [2.75, 3.05) is 5.73 Å². The van der Waals surface area contributed by atoms with Gasteiger partial charge < -0.3 is 5.73 Å². The van der Waals surface area contributed by atoms with Gasteiger partial charge in [0.25, 0.3) is 0 Å². The standard InChI is InChI=1S/C13H13FN2/c1-7(2)10-5-9(6-15)12(14)11(8(3)4)13(10)16/h5H,1,3,16H2,2,4H3. The van der Waals surface area contributed by atoms with E-state index in [1.54, 1.807) is 19.9 Å². The van der Waals surface area contributed by atoms with E-state index in [1.807, 2.05) is 0 Å². The number of nitriles is 1. The molecular weight excluding hydrogens is 203 g/mol. The van der Waals surface area contributed by atoms with Crippen molar-refractivity contribution in [3.05, 3.63) is 41.7 Å². The molecule has 0 bridgehead atoms. The summed E-state index contributed by atoms with van der Waals surface area (Å²) in [5, 5.41) is 8.83. The molecule has 0 aliphatic rings. The van der Waals surface area contributed by atoms with E-state index >= 15 is 0 Å². The third kappa shape index (κ3) is 1.82. The van der Waals surface area contributed by atoms with Gasteiger partial charge in [-0.15, -0.1) is 0 Å². The summed E-state index contributed by atoms with van der Waals surface area (Å²) in [5.41, 5.74) is 8.08. The Morgan fingerprint density at radius 2 is 1.94 bits per heavy atom. The van der Waals surface area contributed by atoms with Crippen molar-refractivity contribution in [2.24, 2.45) is 0 Å². The van der Waals surface area contributed by atoms with Crippen molar-refractivity contribution in [1.82, 2.24) is 0 Å². The molecule has 0 saturated carbocycles. The van der Waals surface area contributed by atoms with Crippen LogP contribution in [0.3, 0.4) is 0 Å². The number of nitrogen functional groups attached to an aromatic ring is 1. The van der Waals surface area contributed by atoms with Crippen molar-refractivity contribution in [2.45, 2.75) is 13.8 Å². The highest BCUT2D eigenvalue weighted by Gasteiger charge is 2.16. The molecule has 1 aromatic rings. The molecule has 0 saturated heterocycles. The lowest BCUT2D eigenvalue weighted by molar-refractivity contribution is 0.620. The van der Waals surface area contributed by atoms with E-state index in [0.717, 1.165) is 0 Å². The number of hydrogen-bond donors (Lipinski definition) is 1. The zero-order valence-electron chi connectivity index (χ0n) is 9.39. The molecule has 0 amide bonds. The number of allylic oxidation sites excluding steroid dienone is 2. The van der Waals surface area contributed by atoms with Gasteiger partial charge in [0.1, 0.15) is 6.07 Å². The maximum atomic E-state index is 13.8. The van der Waals surface area contributed by atoms with Crippen LogP contribution >= 0.6 is 0 Å². The van der Waals surface area contributed by atoms with Crippen LogP contribution in [-0.2, 0) is 0 Å².